The molecule has 0 aromatic rings. The van der Waals surface area contributed by atoms with Crippen molar-refractivity contribution >= 4 is 5.97 Å². The molecule has 1 saturated carbocycles. The highest BCUT2D eigenvalue weighted by Gasteiger charge is 2.22. The second-order valence-electron chi connectivity index (χ2n) is 4.66. The van der Waals surface area contributed by atoms with Crippen LogP contribution in [0, 0.1) is 0 Å². The Morgan fingerprint density at radius 3 is 2.56 bits per heavy atom. The predicted molar refractivity (Wildman–Crippen MR) is 62.0 cm³/mol. The molecule has 0 radical (unpaired) electrons. The Morgan fingerprint density at radius 2 is 2.00 bits per heavy atom. The average Bonchev–Trinajstić information content (AvgIpc) is 2.69. The fourth-order valence-electron chi connectivity index (χ4n) is 1.81. The lowest BCUT2D eigenvalue weighted by molar-refractivity contribution is -0.150. The van der Waals surface area contributed by atoms with Crippen LogP contribution in [-0.2, 0) is 14.3 Å². The van der Waals surface area contributed by atoms with Gasteiger partial charge < -0.3 is 15.2 Å². The van der Waals surface area contributed by atoms with Gasteiger partial charge in [0.1, 0.15) is 12.1 Å². The monoisotopic (exact) mass is 229 g/mol. The van der Waals surface area contributed by atoms with Gasteiger partial charge in [-0.3, -0.25) is 4.79 Å². The van der Waals surface area contributed by atoms with E-state index < -0.39 is 6.04 Å². The van der Waals surface area contributed by atoms with E-state index in [1.165, 1.54) is 0 Å². The molecule has 4 heteroatoms. The summed E-state index contributed by atoms with van der Waals surface area (Å²) in [6, 6.07) is -0.542. The molecule has 0 aliphatic heterocycles. The molecule has 0 aromatic heterocycles. The van der Waals surface area contributed by atoms with E-state index in [2.05, 4.69) is 0 Å². The van der Waals surface area contributed by atoms with Crippen LogP contribution >= 0.6 is 0 Å². The van der Waals surface area contributed by atoms with Crippen LogP contribution in [-0.4, -0.2) is 30.8 Å². The van der Waals surface area contributed by atoms with Gasteiger partial charge in [-0.1, -0.05) is 0 Å². The molecule has 1 aliphatic rings. The Morgan fingerprint density at radius 1 is 1.38 bits per heavy atom. The second-order valence-corrected chi connectivity index (χ2v) is 4.66. The molecule has 1 aliphatic carbocycles. The minimum Gasteiger partial charge on any atom is -0.461 e. The maximum Gasteiger partial charge on any atom is 0.323 e. The summed E-state index contributed by atoms with van der Waals surface area (Å²) in [5.74, 6) is -0.278. The first-order chi connectivity index (χ1) is 7.59. The quantitative estimate of drug-likeness (QED) is 0.703. The van der Waals surface area contributed by atoms with Crippen molar-refractivity contribution in [2.45, 2.75) is 64.2 Å². The standard InChI is InChI=1S/C12H23NO3/c1-9(2)15-8-7-11(13)12(14)16-10-5-3-4-6-10/h9-11H,3-8,13H2,1-2H3. The number of carbonyl (C=O) groups is 1. The van der Waals surface area contributed by atoms with E-state index >= 15 is 0 Å². The summed E-state index contributed by atoms with van der Waals surface area (Å²) in [6.45, 7) is 4.43. The van der Waals surface area contributed by atoms with Crippen LogP contribution in [0.3, 0.4) is 0 Å². The van der Waals surface area contributed by atoms with Crippen LogP contribution in [0.25, 0.3) is 0 Å². The van der Waals surface area contributed by atoms with Crippen LogP contribution in [0.2, 0.25) is 0 Å². The van der Waals surface area contributed by atoms with Gasteiger partial charge in [-0.05, 0) is 46.0 Å². The zero-order valence-corrected chi connectivity index (χ0v) is 10.3. The van der Waals surface area contributed by atoms with Gasteiger partial charge in [-0.2, -0.15) is 0 Å². The summed E-state index contributed by atoms with van der Waals surface area (Å²) >= 11 is 0. The maximum absolute atomic E-state index is 11.6. The molecule has 0 bridgehead atoms. The van der Waals surface area contributed by atoms with E-state index in [-0.39, 0.29) is 18.2 Å². The van der Waals surface area contributed by atoms with Gasteiger partial charge in [0.2, 0.25) is 0 Å². The van der Waals surface area contributed by atoms with Crippen molar-refractivity contribution in [3.05, 3.63) is 0 Å². The van der Waals surface area contributed by atoms with Crippen molar-refractivity contribution in [3.8, 4) is 0 Å². The number of rotatable bonds is 6. The number of nitrogens with two attached hydrogens (primary N) is 1. The molecular formula is C12H23NO3. The third kappa shape index (κ3) is 4.94. The van der Waals surface area contributed by atoms with Gasteiger partial charge in [0.05, 0.1) is 6.10 Å². The smallest absolute Gasteiger partial charge is 0.323 e. The van der Waals surface area contributed by atoms with Crippen LogP contribution < -0.4 is 5.73 Å². The Labute approximate surface area is 97.5 Å². The van der Waals surface area contributed by atoms with Gasteiger partial charge >= 0.3 is 5.97 Å². The van der Waals surface area contributed by atoms with Crippen LogP contribution in [0.5, 0.6) is 0 Å². The van der Waals surface area contributed by atoms with E-state index in [9.17, 15) is 4.79 Å². The largest absolute Gasteiger partial charge is 0.461 e. The minimum atomic E-state index is -0.542. The van der Waals surface area contributed by atoms with Gasteiger partial charge in [0, 0.05) is 6.61 Å². The average molecular weight is 229 g/mol. The molecule has 16 heavy (non-hydrogen) atoms. The molecule has 1 rings (SSSR count). The van der Waals surface area contributed by atoms with Gasteiger partial charge in [-0.25, -0.2) is 0 Å². The highest BCUT2D eigenvalue weighted by atomic mass is 16.5. The normalized spacial score (nSPS) is 19.0. The molecule has 0 heterocycles. The molecule has 1 fully saturated rings. The lowest BCUT2D eigenvalue weighted by Gasteiger charge is -2.16. The van der Waals surface area contributed by atoms with Crippen molar-refractivity contribution in [3.63, 3.8) is 0 Å². The van der Waals surface area contributed by atoms with Crippen molar-refractivity contribution in [2.75, 3.05) is 6.61 Å². The molecule has 4 nitrogen and oxygen atoms in total. The zero-order valence-electron chi connectivity index (χ0n) is 10.3. The third-order valence-corrected chi connectivity index (χ3v) is 2.77. The Kier molecular flexibility index (Phi) is 5.77. The van der Waals surface area contributed by atoms with Gasteiger partial charge in [0.25, 0.3) is 0 Å². The summed E-state index contributed by atoms with van der Waals surface area (Å²) in [7, 11) is 0. The van der Waals surface area contributed by atoms with E-state index in [0.717, 1.165) is 25.7 Å². The van der Waals surface area contributed by atoms with Crippen molar-refractivity contribution in [1.29, 1.82) is 0 Å². The zero-order chi connectivity index (χ0) is 12.0. The molecule has 94 valence electrons. The van der Waals surface area contributed by atoms with Crippen LogP contribution in [0.15, 0.2) is 0 Å². The lowest BCUT2D eigenvalue weighted by Crippen LogP contribution is -2.35. The third-order valence-electron chi connectivity index (χ3n) is 2.77. The molecule has 0 saturated heterocycles. The second kappa shape index (κ2) is 6.86. The van der Waals surface area contributed by atoms with Crippen LogP contribution in [0.4, 0.5) is 0 Å². The topological polar surface area (TPSA) is 61.5 Å². The molecule has 1 atom stereocenters. The Bertz CT molecular complexity index is 212. The molecular weight excluding hydrogens is 206 g/mol. The maximum atomic E-state index is 11.6. The Hall–Kier alpha value is -0.610. The summed E-state index contributed by atoms with van der Waals surface area (Å²) in [6.07, 6.45) is 5.10. The fourth-order valence-corrected chi connectivity index (χ4v) is 1.81. The summed E-state index contributed by atoms with van der Waals surface area (Å²) in [5.41, 5.74) is 5.73. The van der Waals surface area contributed by atoms with Crippen molar-refractivity contribution in [1.82, 2.24) is 0 Å². The predicted octanol–water partition coefficient (Wildman–Crippen LogP) is 1.61. The summed E-state index contributed by atoms with van der Waals surface area (Å²) < 4.78 is 10.7. The number of esters is 1. The number of carbonyl (C=O) groups excluding carboxylic acids is 1. The molecule has 1 unspecified atom stereocenters. The fraction of sp³-hybridized carbons (Fsp3) is 0.917. The Balaban J connectivity index is 2.14. The van der Waals surface area contributed by atoms with Crippen molar-refractivity contribution < 1.29 is 14.3 Å². The summed E-state index contributed by atoms with van der Waals surface area (Å²) in [5, 5.41) is 0. The van der Waals surface area contributed by atoms with Crippen LogP contribution in [0.1, 0.15) is 46.0 Å². The lowest BCUT2D eigenvalue weighted by atomic mass is 10.2. The SMILES string of the molecule is CC(C)OCCC(N)C(=O)OC1CCCC1. The number of hydrogen-bond acceptors (Lipinski definition) is 4. The molecule has 2 N–H and O–H groups in total. The van der Waals surface area contributed by atoms with E-state index in [4.69, 9.17) is 15.2 Å². The number of ether oxygens (including phenoxy) is 2. The summed E-state index contributed by atoms with van der Waals surface area (Å²) in [4.78, 5) is 11.6. The van der Waals surface area contributed by atoms with Gasteiger partial charge in [-0.15, -0.1) is 0 Å². The van der Waals surface area contributed by atoms with E-state index in [1.807, 2.05) is 13.8 Å². The highest BCUT2D eigenvalue weighted by molar-refractivity contribution is 5.75. The molecule has 0 aromatic carbocycles. The van der Waals surface area contributed by atoms with E-state index in [1.54, 1.807) is 0 Å². The first kappa shape index (κ1) is 13.5. The van der Waals surface area contributed by atoms with E-state index in [0.29, 0.717) is 13.0 Å². The number of hydrogen-bond donors (Lipinski definition) is 1. The van der Waals surface area contributed by atoms with Crippen molar-refractivity contribution in [2.24, 2.45) is 5.73 Å². The molecule has 0 spiro atoms. The first-order valence-corrected chi connectivity index (χ1v) is 6.17. The molecule has 0 amide bonds. The highest BCUT2D eigenvalue weighted by Crippen LogP contribution is 2.21. The first-order valence-electron chi connectivity index (χ1n) is 6.17. The minimum absolute atomic E-state index is 0.101. The van der Waals surface area contributed by atoms with Gasteiger partial charge in [0.15, 0.2) is 0 Å².